The summed E-state index contributed by atoms with van der Waals surface area (Å²) in [6.07, 6.45) is 10.4. The second-order valence-corrected chi connectivity index (χ2v) is 9.78. The van der Waals surface area contributed by atoms with Crippen molar-refractivity contribution in [3.8, 4) is 0 Å². The van der Waals surface area contributed by atoms with Crippen molar-refractivity contribution in [2.45, 2.75) is 71.6 Å². The third-order valence-electron chi connectivity index (χ3n) is 9.00. The van der Waals surface area contributed by atoms with Gasteiger partial charge in [-0.1, -0.05) is 13.3 Å². The monoisotopic (exact) mass is 320 g/mol. The van der Waals surface area contributed by atoms with Gasteiger partial charge in [0, 0.05) is 6.61 Å². The van der Waals surface area contributed by atoms with E-state index in [1.807, 2.05) is 6.92 Å². The van der Waals surface area contributed by atoms with E-state index in [0.717, 1.165) is 25.2 Å². The molecule has 0 heterocycles. The Labute approximate surface area is 139 Å². The molecule has 4 saturated carbocycles. The summed E-state index contributed by atoms with van der Waals surface area (Å²) in [5.41, 5.74) is 0.0811. The van der Waals surface area contributed by atoms with Crippen molar-refractivity contribution in [2.24, 2.45) is 39.9 Å². The number of aliphatic hydroxyl groups is 1. The number of aliphatic hydroxyl groups excluding tert-OH is 1. The minimum Gasteiger partial charge on any atom is -0.481 e. The van der Waals surface area contributed by atoms with Gasteiger partial charge in [0.05, 0.1) is 5.41 Å². The lowest BCUT2D eigenvalue weighted by Gasteiger charge is -2.63. The molecule has 0 radical (unpaired) electrons. The Morgan fingerprint density at radius 3 is 2.52 bits per heavy atom. The predicted molar refractivity (Wildman–Crippen MR) is 88.9 cm³/mol. The summed E-state index contributed by atoms with van der Waals surface area (Å²) in [7, 11) is 0. The van der Waals surface area contributed by atoms with Gasteiger partial charge in [0.15, 0.2) is 0 Å². The summed E-state index contributed by atoms with van der Waals surface area (Å²) >= 11 is 0. The molecule has 3 nitrogen and oxygen atoms in total. The lowest BCUT2D eigenvalue weighted by Crippen LogP contribution is -2.58. The summed E-state index contributed by atoms with van der Waals surface area (Å²) in [4.78, 5) is 12.1. The van der Waals surface area contributed by atoms with Crippen molar-refractivity contribution in [3.05, 3.63) is 0 Å². The van der Waals surface area contributed by atoms with E-state index in [1.54, 1.807) is 0 Å². The number of hydrogen-bond acceptors (Lipinski definition) is 2. The number of carboxylic acids is 1. The molecule has 4 aliphatic carbocycles. The van der Waals surface area contributed by atoms with E-state index in [-0.39, 0.29) is 5.41 Å². The zero-order chi connectivity index (χ0) is 16.5. The predicted octanol–water partition coefficient (Wildman–Crippen LogP) is 4.09. The van der Waals surface area contributed by atoms with Crippen LogP contribution in [-0.4, -0.2) is 22.8 Å². The molecule has 4 fully saturated rings. The highest BCUT2D eigenvalue weighted by Crippen LogP contribution is 2.72. The Morgan fingerprint density at radius 2 is 1.83 bits per heavy atom. The Kier molecular flexibility index (Phi) is 3.44. The van der Waals surface area contributed by atoms with Gasteiger partial charge in [-0.2, -0.15) is 0 Å². The maximum atomic E-state index is 12.1. The summed E-state index contributed by atoms with van der Waals surface area (Å²) in [6, 6.07) is 0. The minimum atomic E-state index is -0.572. The van der Waals surface area contributed by atoms with Crippen LogP contribution in [0.15, 0.2) is 0 Å². The number of fused-ring (bicyclic) bond motifs is 3. The van der Waals surface area contributed by atoms with Crippen LogP contribution < -0.4 is 0 Å². The SMILES string of the molecule is C[C@@]12CCC[C@@](C)(C(=O)O)C1CC[C@@]13C[C@@H](CCC12)[C@@H](CO)C3. The fraction of sp³-hybridized carbons (Fsp3) is 0.950. The van der Waals surface area contributed by atoms with Crippen LogP contribution in [0, 0.1) is 39.9 Å². The molecule has 130 valence electrons. The zero-order valence-electron chi connectivity index (χ0n) is 14.7. The number of hydrogen-bond donors (Lipinski definition) is 2. The molecule has 0 saturated heterocycles. The fourth-order valence-electron chi connectivity index (χ4n) is 8.06. The molecule has 2 unspecified atom stereocenters. The van der Waals surface area contributed by atoms with E-state index in [1.165, 1.54) is 38.5 Å². The van der Waals surface area contributed by atoms with Gasteiger partial charge in [0.2, 0.25) is 0 Å². The molecule has 0 aromatic heterocycles. The summed E-state index contributed by atoms with van der Waals surface area (Å²) in [5, 5.41) is 19.7. The lowest BCUT2D eigenvalue weighted by molar-refractivity contribution is -0.181. The van der Waals surface area contributed by atoms with Crippen LogP contribution in [0.25, 0.3) is 0 Å². The second kappa shape index (κ2) is 4.97. The van der Waals surface area contributed by atoms with Crippen LogP contribution in [0.4, 0.5) is 0 Å². The highest BCUT2D eigenvalue weighted by molar-refractivity contribution is 5.75. The quantitative estimate of drug-likeness (QED) is 0.805. The summed E-state index contributed by atoms with van der Waals surface area (Å²) < 4.78 is 0. The molecule has 0 amide bonds. The van der Waals surface area contributed by atoms with Crippen molar-refractivity contribution >= 4 is 5.97 Å². The third kappa shape index (κ3) is 1.95. The van der Waals surface area contributed by atoms with Gasteiger partial charge in [-0.05, 0) is 92.8 Å². The maximum absolute atomic E-state index is 12.1. The maximum Gasteiger partial charge on any atom is 0.309 e. The van der Waals surface area contributed by atoms with E-state index in [9.17, 15) is 15.0 Å². The third-order valence-corrected chi connectivity index (χ3v) is 9.00. The first-order valence-corrected chi connectivity index (χ1v) is 9.70. The van der Waals surface area contributed by atoms with Crippen molar-refractivity contribution in [2.75, 3.05) is 6.61 Å². The van der Waals surface area contributed by atoms with Crippen LogP contribution in [0.3, 0.4) is 0 Å². The first kappa shape index (κ1) is 15.9. The van der Waals surface area contributed by atoms with Crippen LogP contribution in [0.5, 0.6) is 0 Å². The minimum absolute atomic E-state index is 0.193. The zero-order valence-corrected chi connectivity index (χ0v) is 14.7. The van der Waals surface area contributed by atoms with E-state index >= 15 is 0 Å². The average molecular weight is 320 g/mol. The van der Waals surface area contributed by atoms with Crippen LogP contribution in [-0.2, 0) is 4.79 Å². The molecule has 23 heavy (non-hydrogen) atoms. The van der Waals surface area contributed by atoms with Gasteiger partial charge in [0.1, 0.15) is 0 Å². The number of carboxylic acid groups (broad SMARTS) is 1. The average Bonchev–Trinajstić information content (AvgIpc) is 2.77. The molecule has 0 aromatic carbocycles. The molecule has 4 aliphatic rings. The van der Waals surface area contributed by atoms with Crippen LogP contribution in [0.1, 0.15) is 71.6 Å². The molecular formula is C20H32O3. The van der Waals surface area contributed by atoms with E-state index < -0.39 is 11.4 Å². The van der Waals surface area contributed by atoms with Gasteiger partial charge in [-0.25, -0.2) is 0 Å². The van der Waals surface area contributed by atoms with Gasteiger partial charge in [-0.3, -0.25) is 4.79 Å². The Morgan fingerprint density at radius 1 is 1.04 bits per heavy atom. The van der Waals surface area contributed by atoms with E-state index in [2.05, 4.69) is 6.92 Å². The largest absolute Gasteiger partial charge is 0.481 e. The molecular weight excluding hydrogens is 288 g/mol. The summed E-state index contributed by atoms with van der Waals surface area (Å²) in [6.45, 7) is 4.80. The van der Waals surface area contributed by atoms with Gasteiger partial charge >= 0.3 is 5.97 Å². The Balaban J connectivity index is 1.71. The van der Waals surface area contributed by atoms with Crippen molar-refractivity contribution in [1.29, 1.82) is 0 Å². The van der Waals surface area contributed by atoms with Crippen molar-refractivity contribution < 1.29 is 15.0 Å². The van der Waals surface area contributed by atoms with Crippen LogP contribution >= 0.6 is 0 Å². The number of aliphatic carboxylic acids is 1. The highest BCUT2D eigenvalue weighted by atomic mass is 16.4. The molecule has 3 heteroatoms. The van der Waals surface area contributed by atoms with Crippen molar-refractivity contribution in [3.63, 3.8) is 0 Å². The second-order valence-electron chi connectivity index (χ2n) is 9.78. The standard InChI is InChI=1S/C20H32O3/c1-18-7-3-8-19(2,17(22)23)15(18)6-9-20-10-13(4-5-16(18)20)14(11-20)12-21/h13-16,21H,3-12H2,1-2H3,(H,22,23)/t13-,14-,15?,16?,18-,19-,20+/m1/s1. The molecule has 2 bridgehead atoms. The molecule has 2 N–H and O–H groups in total. The molecule has 0 aromatic rings. The van der Waals surface area contributed by atoms with Crippen LogP contribution in [0.2, 0.25) is 0 Å². The van der Waals surface area contributed by atoms with Gasteiger partial charge in [-0.15, -0.1) is 0 Å². The van der Waals surface area contributed by atoms with E-state index in [4.69, 9.17) is 0 Å². The normalized spacial score (nSPS) is 55.1. The molecule has 4 rings (SSSR count). The smallest absolute Gasteiger partial charge is 0.309 e. The fourth-order valence-corrected chi connectivity index (χ4v) is 8.06. The summed E-state index contributed by atoms with van der Waals surface area (Å²) in [5.74, 6) is 1.68. The van der Waals surface area contributed by atoms with Gasteiger partial charge in [0.25, 0.3) is 0 Å². The lowest BCUT2D eigenvalue weighted by atomic mass is 9.41. The van der Waals surface area contributed by atoms with Gasteiger partial charge < -0.3 is 10.2 Å². The molecule has 1 spiro atoms. The first-order chi connectivity index (χ1) is 10.9. The molecule has 7 atom stereocenters. The first-order valence-electron chi connectivity index (χ1n) is 9.70. The highest BCUT2D eigenvalue weighted by Gasteiger charge is 2.65. The number of carbonyl (C=O) groups is 1. The topological polar surface area (TPSA) is 57.5 Å². The number of rotatable bonds is 2. The Hall–Kier alpha value is -0.570. The van der Waals surface area contributed by atoms with Crippen molar-refractivity contribution in [1.82, 2.24) is 0 Å². The van der Waals surface area contributed by atoms with E-state index in [0.29, 0.717) is 29.8 Å². The Bertz CT molecular complexity index is 517. The molecule has 0 aliphatic heterocycles.